The molecule has 3 aromatic rings. The highest BCUT2D eigenvalue weighted by Crippen LogP contribution is 2.25. The second-order valence-corrected chi connectivity index (χ2v) is 8.93. The molecule has 4 nitrogen and oxygen atoms in total. The lowest BCUT2D eigenvalue weighted by atomic mass is 10.1. The Hall–Kier alpha value is -2.37. The molecule has 1 aliphatic rings. The van der Waals surface area contributed by atoms with E-state index in [0.717, 1.165) is 74.4 Å². The van der Waals surface area contributed by atoms with Crippen LogP contribution in [0.1, 0.15) is 17.5 Å². The molecular formula is C28H33ClN2O2. The van der Waals surface area contributed by atoms with Crippen molar-refractivity contribution in [3.05, 3.63) is 95.0 Å². The van der Waals surface area contributed by atoms with Crippen molar-refractivity contribution in [2.45, 2.75) is 19.4 Å². The van der Waals surface area contributed by atoms with Gasteiger partial charge in [0.05, 0.1) is 13.2 Å². The highest BCUT2D eigenvalue weighted by molar-refractivity contribution is 6.30. The molecule has 33 heavy (non-hydrogen) atoms. The van der Waals surface area contributed by atoms with Gasteiger partial charge in [-0.1, -0.05) is 60.1 Å². The van der Waals surface area contributed by atoms with Gasteiger partial charge in [-0.3, -0.25) is 4.90 Å². The lowest BCUT2D eigenvalue weighted by molar-refractivity contribution is 0.0676. The normalized spacial score (nSPS) is 14.9. The van der Waals surface area contributed by atoms with Crippen LogP contribution in [0.2, 0.25) is 5.02 Å². The van der Waals surface area contributed by atoms with Crippen LogP contribution in [0.15, 0.2) is 78.9 Å². The number of benzene rings is 3. The Kier molecular flexibility index (Phi) is 9.19. The summed E-state index contributed by atoms with van der Waals surface area (Å²) in [7, 11) is 0. The molecule has 1 fully saturated rings. The number of piperazine rings is 1. The first-order valence-corrected chi connectivity index (χ1v) is 12.2. The van der Waals surface area contributed by atoms with Gasteiger partial charge in [0.2, 0.25) is 0 Å². The third kappa shape index (κ3) is 7.86. The number of nitrogens with zero attached hydrogens (tertiary/aromatic N) is 2. The molecule has 0 spiro atoms. The molecule has 0 aromatic heterocycles. The van der Waals surface area contributed by atoms with Gasteiger partial charge >= 0.3 is 0 Å². The quantitative estimate of drug-likeness (QED) is 0.330. The Labute approximate surface area is 202 Å². The Morgan fingerprint density at radius 2 is 1.48 bits per heavy atom. The van der Waals surface area contributed by atoms with Crippen LogP contribution in [-0.2, 0) is 17.8 Å². The van der Waals surface area contributed by atoms with Crippen LogP contribution < -0.4 is 4.74 Å². The van der Waals surface area contributed by atoms with E-state index in [1.807, 2.05) is 60.7 Å². The van der Waals surface area contributed by atoms with Gasteiger partial charge in [0, 0.05) is 43.3 Å². The van der Waals surface area contributed by atoms with Crippen LogP contribution in [0, 0.1) is 0 Å². The molecule has 1 aliphatic heterocycles. The second-order valence-electron chi connectivity index (χ2n) is 8.49. The largest absolute Gasteiger partial charge is 0.457 e. The topological polar surface area (TPSA) is 24.9 Å². The SMILES string of the molecule is Clc1cccc(CCCN2CCN(CCOCc3ccccc3Oc3ccccc3)CC2)c1. The minimum atomic E-state index is 0.562. The van der Waals surface area contributed by atoms with Crippen molar-refractivity contribution in [1.82, 2.24) is 9.80 Å². The third-order valence-electron chi connectivity index (χ3n) is 6.05. The zero-order valence-electron chi connectivity index (χ0n) is 19.2. The van der Waals surface area contributed by atoms with Crippen LogP contribution in [0.25, 0.3) is 0 Å². The Morgan fingerprint density at radius 3 is 2.27 bits per heavy atom. The zero-order valence-corrected chi connectivity index (χ0v) is 19.9. The van der Waals surface area contributed by atoms with Crippen LogP contribution in [0.4, 0.5) is 0 Å². The lowest BCUT2D eigenvalue weighted by Crippen LogP contribution is -2.47. The summed E-state index contributed by atoms with van der Waals surface area (Å²) in [6.45, 7) is 7.88. The minimum Gasteiger partial charge on any atom is -0.457 e. The molecule has 0 amide bonds. The summed E-state index contributed by atoms with van der Waals surface area (Å²) in [5, 5.41) is 0.829. The number of ether oxygens (including phenoxy) is 2. The molecule has 0 N–H and O–H groups in total. The van der Waals surface area contributed by atoms with Crippen molar-refractivity contribution in [3.63, 3.8) is 0 Å². The van der Waals surface area contributed by atoms with Crippen LogP contribution >= 0.6 is 11.6 Å². The molecule has 0 unspecified atom stereocenters. The molecule has 0 bridgehead atoms. The highest BCUT2D eigenvalue weighted by Gasteiger charge is 2.16. The summed E-state index contributed by atoms with van der Waals surface area (Å²) in [6.07, 6.45) is 2.26. The second kappa shape index (κ2) is 12.8. The maximum absolute atomic E-state index is 6.08. The number of halogens is 1. The standard InChI is InChI=1S/C28H33ClN2O2/c29-26-11-6-8-24(22-26)9-7-15-30-16-18-31(19-17-30)20-21-32-23-25-10-4-5-14-28(25)33-27-12-2-1-3-13-27/h1-6,8,10-14,22H,7,9,15-21,23H2. The fraction of sp³-hybridized carbons (Fsp3) is 0.357. The number of aryl methyl sites for hydroxylation is 1. The molecule has 1 heterocycles. The molecule has 0 saturated carbocycles. The Bertz CT molecular complexity index is 974. The molecule has 5 heteroatoms. The van der Waals surface area contributed by atoms with E-state index in [1.54, 1.807) is 0 Å². The number of para-hydroxylation sites is 2. The van der Waals surface area contributed by atoms with Crippen molar-refractivity contribution >= 4 is 11.6 Å². The first-order valence-electron chi connectivity index (χ1n) is 11.8. The first-order chi connectivity index (χ1) is 16.3. The van der Waals surface area contributed by atoms with Gasteiger partial charge < -0.3 is 14.4 Å². The van der Waals surface area contributed by atoms with Crippen molar-refractivity contribution in [3.8, 4) is 11.5 Å². The maximum atomic E-state index is 6.08. The first kappa shape index (κ1) is 23.8. The molecule has 3 aromatic carbocycles. The predicted octanol–water partition coefficient (Wildman–Crippen LogP) is 5.90. The Morgan fingerprint density at radius 1 is 0.758 bits per heavy atom. The molecule has 0 aliphatic carbocycles. The molecular weight excluding hydrogens is 432 g/mol. The highest BCUT2D eigenvalue weighted by atomic mass is 35.5. The van der Waals surface area contributed by atoms with Crippen LogP contribution in [-0.4, -0.2) is 55.7 Å². The van der Waals surface area contributed by atoms with Crippen molar-refractivity contribution in [2.75, 3.05) is 45.9 Å². The number of rotatable bonds is 11. The van der Waals surface area contributed by atoms with E-state index in [9.17, 15) is 0 Å². The number of hydrogen-bond acceptors (Lipinski definition) is 4. The van der Waals surface area contributed by atoms with E-state index >= 15 is 0 Å². The fourth-order valence-electron chi connectivity index (χ4n) is 4.15. The molecule has 0 atom stereocenters. The van der Waals surface area contributed by atoms with Gasteiger partial charge in [-0.25, -0.2) is 0 Å². The van der Waals surface area contributed by atoms with Gasteiger partial charge in [-0.15, -0.1) is 0 Å². The summed E-state index contributed by atoms with van der Waals surface area (Å²) < 4.78 is 12.0. The summed E-state index contributed by atoms with van der Waals surface area (Å²) in [5.74, 6) is 1.70. The van der Waals surface area contributed by atoms with Gasteiger partial charge in [-0.05, 0) is 55.3 Å². The van der Waals surface area contributed by atoms with Gasteiger partial charge in [0.15, 0.2) is 0 Å². The number of hydrogen-bond donors (Lipinski definition) is 0. The monoisotopic (exact) mass is 464 g/mol. The molecule has 4 rings (SSSR count). The average molecular weight is 465 g/mol. The maximum Gasteiger partial charge on any atom is 0.132 e. The van der Waals surface area contributed by atoms with Gasteiger partial charge in [0.25, 0.3) is 0 Å². The van der Waals surface area contributed by atoms with Crippen molar-refractivity contribution in [1.29, 1.82) is 0 Å². The van der Waals surface area contributed by atoms with E-state index < -0.39 is 0 Å². The summed E-state index contributed by atoms with van der Waals surface area (Å²) in [5.41, 5.74) is 2.40. The molecule has 174 valence electrons. The van der Waals surface area contributed by atoms with Gasteiger partial charge in [0.1, 0.15) is 11.5 Å². The van der Waals surface area contributed by atoms with E-state index in [0.29, 0.717) is 6.61 Å². The summed E-state index contributed by atoms with van der Waals surface area (Å²) in [6, 6.07) is 26.2. The zero-order chi connectivity index (χ0) is 22.7. The van der Waals surface area contributed by atoms with E-state index in [-0.39, 0.29) is 0 Å². The van der Waals surface area contributed by atoms with E-state index in [1.165, 1.54) is 12.0 Å². The van der Waals surface area contributed by atoms with E-state index in [4.69, 9.17) is 21.1 Å². The van der Waals surface area contributed by atoms with Crippen LogP contribution in [0.3, 0.4) is 0 Å². The van der Waals surface area contributed by atoms with Crippen molar-refractivity contribution in [2.24, 2.45) is 0 Å². The van der Waals surface area contributed by atoms with Gasteiger partial charge in [-0.2, -0.15) is 0 Å². The third-order valence-corrected chi connectivity index (χ3v) is 6.28. The fourth-order valence-corrected chi connectivity index (χ4v) is 4.36. The van der Waals surface area contributed by atoms with E-state index in [2.05, 4.69) is 28.0 Å². The summed E-state index contributed by atoms with van der Waals surface area (Å²) in [4.78, 5) is 5.07. The smallest absolute Gasteiger partial charge is 0.132 e. The summed E-state index contributed by atoms with van der Waals surface area (Å²) >= 11 is 6.08. The lowest BCUT2D eigenvalue weighted by Gasteiger charge is -2.34. The van der Waals surface area contributed by atoms with Crippen LogP contribution in [0.5, 0.6) is 11.5 Å². The Balaban J connectivity index is 1.12. The molecule has 0 radical (unpaired) electrons. The van der Waals surface area contributed by atoms with Crippen molar-refractivity contribution < 1.29 is 9.47 Å². The molecule has 1 saturated heterocycles. The minimum absolute atomic E-state index is 0.562. The predicted molar refractivity (Wildman–Crippen MR) is 135 cm³/mol. The average Bonchev–Trinajstić information content (AvgIpc) is 2.84.